The second kappa shape index (κ2) is 7.98. The van der Waals surface area contributed by atoms with E-state index in [4.69, 9.17) is 0 Å². The molecule has 0 atom stereocenters. The third-order valence-electron chi connectivity index (χ3n) is 3.73. The standard InChI is InChI=1S/C11H19N3.C5H8N2/c1-13-9-11(12-10-13)5-8-14-6-3-2-4-7-14;1-5-3-7(2)4-6-5/h9-10H,2-8H2,1H3;3-4H,1-2H3. The van der Waals surface area contributed by atoms with Crippen LogP contribution in [0.4, 0.5) is 0 Å². The monoisotopic (exact) mass is 289 g/mol. The van der Waals surface area contributed by atoms with Gasteiger partial charge in [0.15, 0.2) is 0 Å². The highest BCUT2D eigenvalue weighted by Crippen LogP contribution is 2.09. The van der Waals surface area contributed by atoms with Gasteiger partial charge >= 0.3 is 0 Å². The van der Waals surface area contributed by atoms with Crippen molar-refractivity contribution in [2.45, 2.75) is 32.6 Å². The first kappa shape index (κ1) is 15.8. The lowest BCUT2D eigenvalue weighted by molar-refractivity contribution is 0.231. The highest BCUT2D eigenvalue weighted by atomic mass is 15.1. The molecule has 0 bridgehead atoms. The van der Waals surface area contributed by atoms with E-state index in [0.29, 0.717) is 0 Å². The number of nitrogens with zero attached hydrogens (tertiary/aromatic N) is 5. The Morgan fingerprint density at radius 2 is 1.62 bits per heavy atom. The van der Waals surface area contributed by atoms with E-state index in [0.717, 1.165) is 12.1 Å². The highest BCUT2D eigenvalue weighted by molar-refractivity contribution is 4.96. The van der Waals surface area contributed by atoms with E-state index in [1.54, 1.807) is 6.33 Å². The van der Waals surface area contributed by atoms with Gasteiger partial charge in [-0.05, 0) is 32.9 Å². The van der Waals surface area contributed by atoms with Gasteiger partial charge in [0, 0.05) is 39.5 Å². The van der Waals surface area contributed by atoms with Crippen LogP contribution in [0.2, 0.25) is 0 Å². The zero-order chi connectivity index (χ0) is 15.1. The van der Waals surface area contributed by atoms with Crippen molar-refractivity contribution in [3.8, 4) is 0 Å². The van der Waals surface area contributed by atoms with Gasteiger partial charge in [0.2, 0.25) is 0 Å². The first-order chi connectivity index (χ1) is 10.1. The number of imidazole rings is 2. The highest BCUT2D eigenvalue weighted by Gasteiger charge is 2.09. The van der Waals surface area contributed by atoms with Crippen molar-refractivity contribution in [1.29, 1.82) is 0 Å². The number of rotatable bonds is 3. The maximum atomic E-state index is 4.34. The molecule has 2 aromatic heterocycles. The number of hydrogen-bond acceptors (Lipinski definition) is 3. The first-order valence-electron chi connectivity index (χ1n) is 7.77. The fraction of sp³-hybridized carbons (Fsp3) is 0.625. The number of aryl methyl sites for hydroxylation is 3. The van der Waals surface area contributed by atoms with Crippen molar-refractivity contribution in [1.82, 2.24) is 24.0 Å². The van der Waals surface area contributed by atoms with Crippen LogP contribution in [0.5, 0.6) is 0 Å². The summed E-state index contributed by atoms with van der Waals surface area (Å²) < 4.78 is 3.95. The molecule has 0 unspecified atom stereocenters. The Morgan fingerprint density at radius 1 is 0.952 bits per heavy atom. The normalized spacial score (nSPS) is 15.6. The molecule has 21 heavy (non-hydrogen) atoms. The molecule has 116 valence electrons. The lowest BCUT2D eigenvalue weighted by Gasteiger charge is -2.25. The van der Waals surface area contributed by atoms with E-state index in [-0.39, 0.29) is 0 Å². The van der Waals surface area contributed by atoms with Gasteiger partial charge < -0.3 is 14.0 Å². The molecule has 1 aliphatic heterocycles. The Bertz CT molecular complexity index is 506. The van der Waals surface area contributed by atoms with Gasteiger partial charge in [-0.15, -0.1) is 0 Å². The Hall–Kier alpha value is -1.62. The molecular weight excluding hydrogens is 262 g/mol. The van der Waals surface area contributed by atoms with Gasteiger partial charge in [0.1, 0.15) is 0 Å². The Labute approximate surface area is 127 Å². The second-order valence-corrected chi connectivity index (χ2v) is 5.86. The van der Waals surface area contributed by atoms with E-state index in [2.05, 4.69) is 21.1 Å². The third-order valence-corrected chi connectivity index (χ3v) is 3.73. The maximum absolute atomic E-state index is 4.34. The quantitative estimate of drug-likeness (QED) is 0.869. The smallest absolute Gasteiger partial charge is 0.0946 e. The summed E-state index contributed by atoms with van der Waals surface area (Å²) in [5, 5.41) is 0. The molecule has 0 aliphatic carbocycles. The average molecular weight is 289 g/mol. The van der Waals surface area contributed by atoms with E-state index in [1.165, 1.54) is 44.6 Å². The molecule has 1 fully saturated rings. The summed E-state index contributed by atoms with van der Waals surface area (Å²) in [4.78, 5) is 10.9. The van der Waals surface area contributed by atoms with Crippen LogP contribution >= 0.6 is 0 Å². The SMILES string of the molecule is Cc1cn(C)cn1.Cn1cnc(CCN2CCCCC2)c1. The van der Waals surface area contributed by atoms with E-state index >= 15 is 0 Å². The van der Waals surface area contributed by atoms with Crippen LogP contribution in [0.1, 0.15) is 30.7 Å². The van der Waals surface area contributed by atoms with Crippen molar-refractivity contribution < 1.29 is 0 Å². The summed E-state index contributed by atoms with van der Waals surface area (Å²) in [6.07, 6.45) is 13.0. The first-order valence-corrected chi connectivity index (χ1v) is 7.77. The minimum Gasteiger partial charge on any atom is -0.340 e. The summed E-state index contributed by atoms with van der Waals surface area (Å²) in [5.74, 6) is 0. The molecule has 0 spiro atoms. The van der Waals surface area contributed by atoms with E-state index in [9.17, 15) is 0 Å². The minimum atomic E-state index is 1.07. The summed E-state index contributed by atoms with van der Waals surface area (Å²) in [5.41, 5.74) is 2.29. The molecule has 3 heterocycles. The van der Waals surface area contributed by atoms with Gasteiger partial charge in [-0.3, -0.25) is 0 Å². The Balaban J connectivity index is 0.000000194. The van der Waals surface area contributed by atoms with Crippen molar-refractivity contribution in [2.75, 3.05) is 19.6 Å². The fourth-order valence-corrected chi connectivity index (χ4v) is 2.60. The summed E-state index contributed by atoms with van der Waals surface area (Å²) in [7, 11) is 3.98. The van der Waals surface area contributed by atoms with Gasteiger partial charge in [-0.25, -0.2) is 9.97 Å². The molecule has 0 amide bonds. The van der Waals surface area contributed by atoms with Crippen LogP contribution in [0, 0.1) is 6.92 Å². The lowest BCUT2D eigenvalue weighted by atomic mass is 10.1. The molecule has 5 nitrogen and oxygen atoms in total. The molecule has 1 aliphatic rings. The van der Waals surface area contributed by atoms with Crippen molar-refractivity contribution in [3.05, 3.63) is 36.4 Å². The van der Waals surface area contributed by atoms with Crippen LogP contribution in [0.15, 0.2) is 25.0 Å². The van der Waals surface area contributed by atoms with Crippen LogP contribution in [0.3, 0.4) is 0 Å². The molecular formula is C16H27N5. The number of piperidine rings is 1. The summed E-state index contributed by atoms with van der Waals surface area (Å²) in [6.45, 7) is 5.72. The largest absolute Gasteiger partial charge is 0.340 e. The Kier molecular flexibility index (Phi) is 5.99. The van der Waals surface area contributed by atoms with Crippen molar-refractivity contribution in [2.24, 2.45) is 14.1 Å². The molecule has 0 aromatic carbocycles. The van der Waals surface area contributed by atoms with Gasteiger partial charge in [0.25, 0.3) is 0 Å². The third kappa shape index (κ3) is 5.71. The molecule has 5 heteroatoms. The van der Waals surface area contributed by atoms with Crippen LogP contribution in [0.25, 0.3) is 0 Å². The van der Waals surface area contributed by atoms with Gasteiger partial charge in [-0.2, -0.15) is 0 Å². The van der Waals surface area contributed by atoms with Crippen molar-refractivity contribution >= 4 is 0 Å². The molecule has 0 radical (unpaired) electrons. The predicted octanol–water partition coefficient (Wildman–Crippen LogP) is 2.18. The van der Waals surface area contributed by atoms with Crippen molar-refractivity contribution in [3.63, 3.8) is 0 Å². The maximum Gasteiger partial charge on any atom is 0.0946 e. The van der Waals surface area contributed by atoms with Gasteiger partial charge in [-0.1, -0.05) is 6.42 Å². The van der Waals surface area contributed by atoms with E-state index in [1.807, 2.05) is 42.7 Å². The number of likely N-dealkylation sites (tertiary alicyclic amines) is 1. The molecule has 2 aromatic rings. The van der Waals surface area contributed by atoms with E-state index < -0.39 is 0 Å². The van der Waals surface area contributed by atoms with Crippen LogP contribution in [-0.2, 0) is 20.5 Å². The number of hydrogen-bond donors (Lipinski definition) is 0. The lowest BCUT2D eigenvalue weighted by Crippen LogP contribution is -2.31. The number of aromatic nitrogens is 4. The summed E-state index contributed by atoms with van der Waals surface area (Å²) in [6, 6.07) is 0. The van der Waals surface area contributed by atoms with Gasteiger partial charge in [0.05, 0.1) is 24.0 Å². The predicted molar refractivity (Wildman–Crippen MR) is 85.1 cm³/mol. The van der Waals surface area contributed by atoms with Crippen LogP contribution in [-0.4, -0.2) is 43.6 Å². The minimum absolute atomic E-state index is 1.07. The molecule has 0 saturated carbocycles. The molecule has 3 rings (SSSR count). The zero-order valence-corrected chi connectivity index (χ0v) is 13.5. The topological polar surface area (TPSA) is 38.9 Å². The molecule has 1 saturated heterocycles. The molecule has 0 N–H and O–H groups in total. The average Bonchev–Trinajstić information content (AvgIpc) is 3.07. The Morgan fingerprint density at radius 3 is 2.10 bits per heavy atom. The summed E-state index contributed by atoms with van der Waals surface area (Å²) >= 11 is 0. The van der Waals surface area contributed by atoms with Crippen LogP contribution < -0.4 is 0 Å². The zero-order valence-electron chi connectivity index (χ0n) is 13.5. The second-order valence-electron chi connectivity index (χ2n) is 5.86. The fourth-order valence-electron chi connectivity index (χ4n) is 2.60.